The monoisotopic (exact) mass is 390 g/mol. The number of rotatable bonds is 8. The normalized spacial score (nSPS) is 10.3. The number of nitrogens with zero attached hydrogens (tertiary/aromatic N) is 1. The molecule has 0 aliphatic carbocycles. The van der Waals surface area contributed by atoms with Crippen molar-refractivity contribution in [1.29, 1.82) is 0 Å². The fourth-order valence-electron chi connectivity index (χ4n) is 2.61. The van der Waals surface area contributed by atoms with Crippen LogP contribution in [0.3, 0.4) is 0 Å². The molecular formula is C23H22N2O4. The quantitative estimate of drug-likeness (QED) is 0.560. The molecule has 0 spiro atoms. The van der Waals surface area contributed by atoms with Gasteiger partial charge in [-0.3, -0.25) is 9.59 Å². The molecule has 1 N–H and O–H groups in total. The minimum atomic E-state index is -0.222. The lowest BCUT2D eigenvalue weighted by Gasteiger charge is -2.08. The third-order valence-corrected chi connectivity index (χ3v) is 4.24. The molecule has 3 rings (SSSR count). The van der Waals surface area contributed by atoms with Gasteiger partial charge in [-0.25, -0.2) is 4.98 Å². The Morgan fingerprint density at radius 1 is 0.897 bits per heavy atom. The van der Waals surface area contributed by atoms with Crippen LogP contribution in [0.4, 0.5) is 5.69 Å². The Kier molecular flexibility index (Phi) is 6.58. The van der Waals surface area contributed by atoms with Gasteiger partial charge >= 0.3 is 0 Å². The van der Waals surface area contributed by atoms with Gasteiger partial charge in [-0.15, -0.1) is 0 Å². The molecule has 0 bridgehead atoms. The molecule has 1 heterocycles. The van der Waals surface area contributed by atoms with Crippen molar-refractivity contribution >= 4 is 17.4 Å². The lowest BCUT2D eigenvalue weighted by Crippen LogP contribution is -2.13. The maximum Gasteiger partial charge on any atom is 0.224 e. The number of pyridine rings is 1. The SMILES string of the molecule is COc1ccc(C(=O)CCC(=O)Nc2ccc(Oc3ccc(C)cn3)cc2)cc1. The Balaban J connectivity index is 1.48. The smallest absolute Gasteiger partial charge is 0.224 e. The van der Waals surface area contributed by atoms with Crippen LogP contribution >= 0.6 is 0 Å². The van der Waals surface area contributed by atoms with Crippen LogP contribution in [0.25, 0.3) is 0 Å². The summed E-state index contributed by atoms with van der Waals surface area (Å²) in [6.07, 6.45) is 1.98. The van der Waals surface area contributed by atoms with Crippen molar-refractivity contribution in [1.82, 2.24) is 4.98 Å². The second-order valence-electron chi connectivity index (χ2n) is 6.50. The summed E-state index contributed by atoms with van der Waals surface area (Å²) >= 11 is 0. The van der Waals surface area contributed by atoms with Crippen LogP contribution in [-0.4, -0.2) is 23.8 Å². The Hall–Kier alpha value is -3.67. The van der Waals surface area contributed by atoms with Gasteiger partial charge in [0.15, 0.2) is 5.78 Å². The standard InChI is InChI=1S/C23H22N2O4/c1-16-3-14-23(24-15-16)29-20-10-6-18(7-11-20)25-22(27)13-12-21(26)17-4-8-19(28-2)9-5-17/h3-11,14-15H,12-13H2,1-2H3,(H,25,27). The van der Waals surface area contributed by atoms with Crippen LogP contribution in [0.1, 0.15) is 28.8 Å². The number of carbonyl (C=O) groups is 2. The van der Waals surface area contributed by atoms with E-state index in [0.717, 1.165) is 5.56 Å². The maximum atomic E-state index is 12.2. The van der Waals surface area contributed by atoms with Gasteiger partial charge in [0.05, 0.1) is 7.11 Å². The fourth-order valence-corrected chi connectivity index (χ4v) is 2.61. The number of aryl methyl sites for hydroxylation is 1. The minimum Gasteiger partial charge on any atom is -0.497 e. The number of hydrogen-bond donors (Lipinski definition) is 1. The summed E-state index contributed by atoms with van der Waals surface area (Å²) in [4.78, 5) is 28.5. The third-order valence-electron chi connectivity index (χ3n) is 4.24. The van der Waals surface area contributed by atoms with Crippen molar-refractivity contribution in [3.63, 3.8) is 0 Å². The van der Waals surface area contributed by atoms with Crippen molar-refractivity contribution in [3.05, 3.63) is 78.0 Å². The Labute approximate surface area is 169 Å². The lowest BCUT2D eigenvalue weighted by molar-refractivity contribution is -0.116. The van der Waals surface area contributed by atoms with Gasteiger partial charge in [0.2, 0.25) is 11.8 Å². The molecule has 148 valence electrons. The van der Waals surface area contributed by atoms with Crippen molar-refractivity contribution in [2.45, 2.75) is 19.8 Å². The number of amides is 1. The van der Waals surface area contributed by atoms with Gasteiger partial charge in [0, 0.05) is 36.4 Å². The predicted molar refractivity (Wildman–Crippen MR) is 111 cm³/mol. The summed E-state index contributed by atoms with van der Waals surface area (Å²) in [5.74, 6) is 1.50. The average molecular weight is 390 g/mol. The number of anilines is 1. The van der Waals surface area contributed by atoms with E-state index in [9.17, 15) is 9.59 Å². The van der Waals surface area contributed by atoms with Gasteiger partial charge < -0.3 is 14.8 Å². The molecule has 3 aromatic rings. The zero-order chi connectivity index (χ0) is 20.6. The van der Waals surface area contributed by atoms with E-state index in [4.69, 9.17) is 9.47 Å². The molecule has 1 aromatic heterocycles. The second kappa shape index (κ2) is 9.50. The molecule has 0 saturated carbocycles. The second-order valence-corrected chi connectivity index (χ2v) is 6.50. The van der Waals surface area contributed by atoms with E-state index in [2.05, 4.69) is 10.3 Å². The van der Waals surface area contributed by atoms with Gasteiger partial charge in [0.1, 0.15) is 11.5 Å². The highest BCUT2D eigenvalue weighted by Gasteiger charge is 2.10. The number of nitrogens with one attached hydrogen (secondary N) is 1. The van der Waals surface area contributed by atoms with Crippen molar-refractivity contribution in [2.75, 3.05) is 12.4 Å². The molecule has 0 saturated heterocycles. The van der Waals surface area contributed by atoms with Crippen molar-refractivity contribution in [3.8, 4) is 17.4 Å². The Bertz CT molecular complexity index is 965. The van der Waals surface area contributed by atoms with Gasteiger partial charge in [0.25, 0.3) is 0 Å². The highest BCUT2D eigenvalue weighted by Crippen LogP contribution is 2.22. The summed E-state index contributed by atoms with van der Waals surface area (Å²) in [5.41, 5.74) is 2.25. The van der Waals surface area contributed by atoms with Crippen LogP contribution in [-0.2, 0) is 4.79 Å². The molecular weight excluding hydrogens is 368 g/mol. The number of methoxy groups -OCH3 is 1. The molecule has 6 nitrogen and oxygen atoms in total. The number of aromatic nitrogens is 1. The molecule has 0 aliphatic rings. The average Bonchev–Trinajstić information content (AvgIpc) is 2.75. The lowest BCUT2D eigenvalue weighted by atomic mass is 10.1. The number of ether oxygens (including phenoxy) is 2. The van der Waals surface area contributed by atoms with E-state index in [1.54, 1.807) is 67.9 Å². The minimum absolute atomic E-state index is 0.0860. The highest BCUT2D eigenvalue weighted by molar-refractivity contribution is 6.00. The third kappa shape index (κ3) is 5.90. The van der Waals surface area contributed by atoms with Gasteiger partial charge in [-0.05, 0) is 61.0 Å². The summed E-state index contributed by atoms with van der Waals surface area (Å²) in [7, 11) is 1.57. The molecule has 6 heteroatoms. The summed E-state index contributed by atoms with van der Waals surface area (Å²) in [5, 5.41) is 2.78. The predicted octanol–water partition coefficient (Wildman–Crippen LogP) is 4.79. The first-order chi connectivity index (χ1) is 14.0. The van der Waals surface area contributed by atoms with E-state index in [-0.39, 0.29) is 24.5 Å². The van der Waals surface area contributed by atoms with Gasteiger partial charge in [-0.1, -0.05) is 6.07 Å². The van der Waals surface area contributed by atoms with Crippen LogP contribution < -0.4 is 14.8 Å². The number of benzene rings is 2. The van der Waals surface area contributed by atoms with E-state index in [1.807, 2.05) is 13.0 Å². The summed E-state index contributed by atoms with van der Waals surface area (Å²) in [6, 6.07) is 17.5. The molecule has 0 atom stereocenters. The Morgan fingerprint density at radius 3 is 2.21 bits per heavy atom. The van der Waals surface area contributed by atoms with Gasteiger partial charge in [-0.2, -0.15) is 0 Å². The molecule has 0 fully saturated rings. The molecule has 29 heavy (non-hydrogen) atoms. The van der Waals surface area contributed by atoms with Crippen LogP contribution in [0, 0.1) is 6.92 Å². The zero-order valence-corrected chi connectivity index (χ0v) is 16.3. The molecule has 0 aliphatic heterocycles. The van der Waals surface area contributed by atoms with E-state index < -0.39 is 0 Å². The Morgan fingerprint density at radius 2 is 1.59 bits per heavy atom. The molecule has 1 amide bonds. The highest BCUT2D eigenvalue weighted by atomic mass is 16.5. The molecule has 2 aromatic carbocycles. The van der Waals surface area contributed by atoms with Crippen molar-refractivity contribution in [2.24, 2.45) is 0 Å². The topological polar surface area (TPSA) is 77.5 Å². The largest absolute Gasteiger partial charge is 0.497 e. The number of Topliss-reactive ketones (excluding diaryl/α,β-unsaturated/α-hetero) is 1. The number of carbonyl (C=O) groups excluding carboxylic acids is 2. The number of ketones is 1. The van der Waals surface area contributed by atoms with Crippen molar-refractivity contribution < 1.29 is 19.1 Å². The maximum absolute atomic E-state index is 12.2. The first-order valence-electron chi connectivity index (χ1n) is 9.21. The van der Waals surface area contributed by atoms with E-state index in [1.165, 1.54) is 0 Å². The molecule has 0 unspecified atom stereocenters. The van der Waals surface area contributed by atoms with Crippen LogP contribution in [0.5, 0.6) is 17.4 Å². The first kappa shape index (κ1) is 20.1. The first-order valence-corrected chi connectivity index (χ1v) is 9.21. The van der Waals surface area contributed by atoms with E-state index >= 15 is 0 Å². The zero-order valence-electron chi connectivity index (χ0n) is 16.3. The number of hydrogen-bond acceptors (Lipinski definition) is 5. The van der Waals surface area contributed by atoms with Crippen LogP contribution in [0.2, 0.25) is 0 Å². The summed E-state index contributed by atoms with van der Waals surface area (Å²) in [6.45, 7) is 1.96. The fraction of sp³-hybridized carbons (Fsp3) is 0.174. The molecule has 0 radical (unpaired) electrons. The van der Waals surface area contributed by atoms with Crippen LogP contribution in [0.15, 0.2) is 66.9 Å². The summed E-state index contributed by atoms with van der Waals surface area (Å²) < 4.78 is 10.7. The van der Waals surface area contributed by atoms with E-state index in [0.29, 0.717) is 28.6 Å².